The molecule has 0 radical (unpaired) electrons. The number of hydrogen-bond acceptors (Lipinski definition) is 5. The summed E-state index contributed by atoms with van der Waals surface area (Å²) in [6, 6.07) is 4.11. The monoisotopic (exact) mass is 385 g/mol. The van der Waals surface area contributed by atoms with Crippen molar-refractivity contribution in [3.8, 4) is 0 Å². The number of rotatable bonds is 4. The van der Waals surface area contributed by atoms with Crippen molar-refractivity contribution in [2.45, 2.75) is 12.5 Å². The van der Waals surface area contributed by atoms with Crippen LogP contribution in [0.2, 0.25) is 0 Å². The van der Waals surface area contributed by atoms with Crippen molar-refractivity contribution in [3.05, 3.63) is 53.5 Å². The van der Waals surface area contributed by atoms with Crippen LogP contribution in [0.15, 0.2) is 30.5 Å². The second-order valence-electron chi connectivity index (χ2n) is 5.85. The summed E-state index contributed by atoms with van der Waals surface area (Å²) in [5, 5.41) is 5.10. The molecule has 0 spiro atoms. The van der Waals surface area contributed by atoms with E-state index in [2.05, 4.69) is 15.6 Å². The Morgan fingerprint density at radius 2 is 1.88 bits per heavy atom. The Morgan fingerprint density at radius 1 is 1.12 bits per heavy atom. The summed E-state index contributed by atoms with van der Waals surface area (Å²) < 4.78 is 62.5. The fourth-order valence-electron chi connectivity index (χ4n) is 2.54. The van der Waals surface area contributed by atoms with Crippen molar-refractivity contribution < 1.29 is 26.4 Å². The summed E-state index contributed by atoms with van der Waals surface area (Å²) in [7, 11) is -3.11. The fraction of sp³-hybridized carbons (Fsp3) is 0.250. The first-order chi connectivity index (χ1) is 12.2. The first kappa shape index (κ1) is 18.2. The number of pyridine rings is 1. The van der Waals surface area contributed by atoms with E-state index in [0.717, 1.165) is 12.1 Å². The van der Waals surface area contributed by atoms with Gasteiger partial charge in [-0.15, -0.1) is 0 Å². The molecular weight excluding hydrogens is 371 g/mol. The molecule has 1 saturated heterocycles. The number of benzene rings is 1. The van der Waals surface area contributed by atoms with Crippen molar-refractivity contribution in [2.75, 3.05) is 16.8 Å². The van der Waals surface area contributed by atoms with E-state index in [9.17, 15) is 26.4 Å². The van der Waals surface area contributed by atoms with Gasteiger partial charge in [0, 0.05) is 12.2 Å². The van der Waals surface area contributed by atoms with Gasteiger partial charge in [0.15, 0.2) is 27.3 Å². The molecule has 1 aromatic carbocycles. The smallest absolute Gasteiger partial charge is 0.253 e. The van der Waals surface area contributed by atoms with Gasteiger partial charge in [-0.2, -0.15) is 0 Å². The number of nitrogens with one attached hydrogen (secondary N) is 2. The lowest BCUT2D eigenvalue weighted by molar-refractivity contribution is 0.0941. The minimum absolute atomic E-state index is 0.0405. The molecular formula is C16H14F3N3O3S. The van der Waals surface area contributed by atoms with Crippen molar-refractivity contribution >= 4 is 27.2 Å². The van der Waals surface area contributed by atoms with Gasteiger partial charge in [0.05, 0.1) is 22.8 Å². The Balaban J connectivity index is 1.67. The molecule has 26 heavy (non-hydrogen) atoms. The zero-order chi connectivity index (χ0) is 18.9. The van der Waals surface area contributed by atoms with Crippen molar-refractivity contribution in [1.82, 2.24) is 10.3 Å². The third kappa shape index (κ3) is 3.96. The lowest BCUT2D eigenvalue weighted by atomic mass is 10.2. The SMILES string of the molecule is O=C(NC1CCS(=O)(=O)C1)c1ccc(Nc2ccc(F)c(F)c2F)nc1. The van der Waals surface area contributed by atoms with Gasteiger partial charge in [0.2, 0.25) is 0 Å². The van der Waals surface area contributed by atoms with Gasteiger partial charge in [-0.05, 0) is 30.7 Å². The van der Waals surface area contributed by atoms with E-state index in [1.54, 1.807) is 0 Å². The summed E-state index contributed by atoms with van der Waals surface area (Å²) in [5.74, 6) is -4.70. The molecule has 2 heterocycles. The summed E-state index contributed by atoms with van der Waals surface area (Å²) >= 11 is 0. The lowest BCUT2D eigenvalue weighted by Gasteiger charge is -2.11. The molecule has 1 amide bonds. The highest BCUT2D eigenvalue weighted by Gasteiger charge is 2.29. The highest BCUT2D eigenvalue weighted by Crippen LogP contribution is 2.22. The van der Waals surface area contributed by atoms with Gasteiger partial charge in [-0.3, -0.25) is 4.79 Å². The minimum Gasteiger partial charge on any atom is -0.348 e. The Bertz CT molecular complexity index is 949. The second-order valence-corrected chi connectivity index (χ2v) is 8.08. The first-order valence-electron chi connectivity index (χ1n) is 7.63. The minimum atomic E-state index is -3.11. The number of carbonyl (C=O) groups is 1. The van der Waals surface area contributed by atoms with Gasteiger partial charge in [-0.1, -0.05) is 0 Å². The van der Waals surface area contributed by atoms with E-state index >= 15 is 0 Å². The molecule has 1 atom stereocenters. The topological polar surface area (TPSA) is 88.2 Å². The Hall–Kier alpha value is -2.62. The van der Waals surface area contributed by atoms with Crippen LogP contribution in [0.4, 0.5) is 24.7 Å². The number of carbonyl (C=O) groups excluding carboxylic acids is 1. The van der Waals surface area contributed by atoms with Crippen LogP contribution >= 0.6 is 0 Å². The van der Waals surface area contributed by atoms with E-state index in [0.29, 0.717) is 6.42 Å². The second kappa shape index (κ2) is 6.94. The molecule has 1 aliphatic heterocycles. The molecule has 0 aliphatic carbocycles. The van der Waals surface area contributed by atoms with E-state index in [1.807, 2.05) is 0 Å². The summed E-state index contributed by atoms with van der Waals surface area (Å²) in [6.45, 7) is 0. The van der Waals surface area contributed by atoms with Crippen LogP contribution in [0.3, 0.4) is 0 Å². The zero-order valence-corrected chi connectivity index (χ0v) is 14.1. The van der Waals surface area contributed by atoms with Crippen LogP contribution in [0, 0.1) is 17.5 Å². The molecule has 6 nitrogen and oxygen atoms in total. The number of aromatic nitrogens is 1. The van der Waals surface area contributed by atoms with Gasteiger partial charge in [0.1, 0.15) is 5.82 Å². The molecule has 0 saturated carbocycles. The zero-order valence-electron chi connectivity index (χ0n) is 13.3. The Labute approximate surface area is 147 Å². The molecule has 0 bridgehead atoms. The van der Waals surface area contributed by atoms with E-state index in [1.165, 1.54) is 18.3 Å². The molecule has 1 fully saturated rings. The van der Waals surface area contributed by atoms with Crippen LogP contribution in [0.25, 0.3) is 0 Å². The molecule has 1 aliphatic rings. The van der Waals surface area contributed by atoms with Crippen LogP contribution in [-0.4, -0.2) is 36.9 Å². The lowest BCUT2D eigenvalue weighted by Crippen LogP contribution is -2.35. The number of anilines is 2. The summed E-state index contributed by atoms with van der Waals surface area (Å²) in [6.07, 6.45) is 1.56. The standard InChI is InChI=1S/C16H14F3N3O3S/c17-11-2-3-12(15(19)14(11)18)22-13-4-1-9(7-20-13)16(23)21-10-5-6-26(24,25)8-10/h1-4,7,10H,5-6,8H2,(H,20,22)(H,21,23). The maximum atomic E-state index is 13.6. The number of nitrogens with zero attached hydrogens (tertiary/aromatic N) is 1. The molecule has 10 heteroatoms. The van der Waals surface area contributed by atoms with Crippen LogP contribution in [-0.2, 0) is 9.84 Å². The van der Waals surface area contributed by atoms with Crippen LogP contribution in [0.5, 0.6) is 0 Å². The summed E-state index contributed by atoms with van der Waals surface area (Å²) in [5.41, 5.74) is -0.115. The fourth-order valence-corrected chi connectivity index (χ4v) is 4.21. The number of sulfone groups is 1. The third-order valence-electron chi connectivity index (χ3n) is 3.89. The molecule has 1 aromatic heterocycles. The third-order valence-corrected chi connectivity index (χ3v) is 5.66. The average Bonchev–Trinajstić information content (AvgIpc) is 2.94. The maximum absolute atomic E-state index is 13.6. The van der Waals surface area contributed by atoms with Crippen molar-refractivity contribution in [2.24, 2.45) is 0 Å². The quantitative estimate of drug-likeness (QED) is 0.788. The molecule has 3 rings (SSSR count). The normalized spacial score (nSPS) is 18.5. The highest BCUT2D eigenvalue weighted by molar-refractivity contribution is 7.91. The Kier molecular flexibility index (Phi) is 4.86. The number of hydrogen-bond donors (Lipinski definition) is 2. The largest absolute Gasteiger partial charge is 0.348 e. The maximum Gasteiger partial charge on any atom is 0.253 e. The highest BCUT2D eigenvalue weighted by atomic mass is 32.2. The average molecular weight is 385 g/mol. The van der Waals surface area contributed by atoms with Gasteiger partial charge < -0.3 is 10.6 Å². The van der Waals surface area contributed by atoms with Crippen LogP contribution in [0.1, 0.15) is 16.8 Å². The van der Waals surface area contributed by atoms with Gasteiger partial charge >= 0.3 is 0 Å². The van der Waals surface area contributed by atoms with Gasteiger partial charge in [-0.25, -0.2) is 26.6 Å². The molecule has 2 N–H and O–H groups in total. The molecule has 138 valence electrons. The van der Waals surface area contributed by atoms with Crippen LogP contribution < -0.4 is 10.6 Å². The van der Waals surface area contributed by atoms with E-state index in [-0.39, 0.29) is 28.6 Å². The first-order valence-corrected chi connectivity index (χ1v) is 9.45. The molecule has 2 aromatic rings. The number of amides is 1. The van der Waals surface area contributed by atoms with E-state index in [4.69, 9.17) is 0 Å². The number of halogens is 3. The van der Waals surface area contributed by atoms with Gasteiger partial charge in [0.25, 0.3) is 5.91 Å². The predicted octanol–water partition coefficient (Wildman–Crippen LogP) is 2.16. The predicted molar refractivity (Wildman–Crippen MR) is 88.4 cm³/mol. The summed E-state index contributed by atoms with van der Waals surface area (Å²) in [4.78, 5) is 16.0. The molecule has 1 unspecified atom stereocenters. The van der Waals surface area contributed by atoms with Crippen molar-refractivity contribution in [3.63, 3.8) is 0 Å². The Morgan fingerprint density at radius 3 is 2.50 bits per heavy atom. The van der Waals surface area contributed by atoms with E-state index < -0.39 is 39.2 Å². The van der Waals surface area contributed by atoms with Crippen molar-refractivity contribution in [1.29, 1.82) is 0 Å².